The topological polar surface area (TPSA) is 69.7 Å². The van der Waals surface area contributed by atoms with Gasteiger partial charge in [-0.2, -0.15) is 17.0 Å². The molecule has 0 bridgehead atoms. The maximum absolute atomic E-state index is 12.4. The third kappa shape index (κ3) is 4.61. The third-order valence-electron chi connectivity index (χ3n) is 4.01. The predicted octanol–water partition coefficient (Wildman–Crippen LogP) is 2.13. The smallest absolute Gasteiger partial charge is 0.281 e. The molecule has 1 aliphatic heterocycles. The van der Waals surface area contributed by atoms with Gasteiger partial charge in [-0.05, 0) is 30.5 Å². The highest BCUT2D eigenvalue weighted by Crippen LogP contribution is 2.22. The Kier molecular flexibility index (Phi) is 6.50. The molecule has 1 N–H and O–H groups in total. The molecular formula is C15H21Cl2N3O3S. The molecule has 1 amide bonds. The molecule has 1 aromatic rings. The maximum atomic E-state index is 12.4. The van der Waals surface area contributed by atoms with Gasteiger partial charge in [-0.1, -0.05) is 29.3 Å². The standard InChI is InChI=1S/C15H21Cl2N3O3S/c1-19(2)24(22,23)20-7-3-4-12(10-20)15(21)18-9-11-5-6-13(16)8-14(11)17/h5-6,8,12H,3-4,7,9-10H2,1-2H3,(H,18,21). The summed E-state index contributed by atoms with van der Waals surface area (Å²) < 4.78 is 26.9. The summed E-state index contributed by atoms with van der Waals surface area (Å²) in [5, 5.41) is 3.85. The van der Waals surface area contributed by atoms with Gasteiger partial charge < -0.3 is 5.32 Å². The van der Waals surface area contributed by atoms with E-state index in [4.69, 9.17) is 23.2 Å². The number of nitrogens with one attached hydrogen (secondary N) is 1. The van der Waals surface area contributed by atoms with Gasteiger partial charge in [0.05, 0.1) is 5.92 Å². The van der Waals surface area contributed by atoms with E-state index in [-0.39, 0.29) is 24.9 Å². The average Bonchev–Trinajstić information content (AvgIpc) is 2.53. The Morgan fingerprint density at radius 1 is 1.38 bits per heavy atom. The van der Waals surface area contributed by atoms with E-state index in [0.29, 0.717) is 29.4 Å². The molecule has 134 valence electrons. The Balaban J connectivity index is 1.97. The molecule has 6 nitrogen and oxygen atoms in total. The summed E-state index contributed by atoms with van der Waals surface area (Å²) in [5.41, 5.74) is 0.767. The molecule has 1 heterocycles. The zero-order chi connectivity index (χ0) is 17.9. The fourth-order valence-electron chi connectivity index (χ4n) is 2.59. The first-order valence-corrected chi connectivity index (χ1v) is 9.76. The van der Waals surface area contributed by atoms with Crippen LogP contribution in [0, 0.1) is 5.92 Å². The van der Waals surface area contributed by atoms with Crippen LogP contribution in [0.15, 0.2) is 18.2 Å². The Morgan fingerprint density at radius 2 is 2.08 bits per heavy atom. The first-order valence-electron chi connectivity index (χ1n) is 7.61. The van der Waals surface area contributed by atoms with Crippen LogP contribution in [-0.4, -0.2) is 50.1 Å². The van der Waals surface area contributed by atoms with E-state index in [2.05, 4.69) is 5.32 Å². The number of hydrogen-bond acceptors (Lipinski definition) is 3. The Hall–Kier alpha value is -0.860. The average molecular weight is 394 g/mol. The van der Waals surface area contributed by atoms with Crippen LogP contribution in [0.25, 0.3) is 0 Å². The Bertz CT molecular complexity index is 710. The molecule has 0 saturated carbocycles. The number of nitrogens with zero attached hydrogens (tertiary/aromatic N) is 2. The Labute approximate surface area is 152 Å². The van der Waals surface area contributed by atoms with Crippen molar-refractivity contribution in [1.29, 1.82) is 0 Å². The van der Waals surface area contributed by atoms with Crippen LogP contribution in [-0.2, 0) is 21.5 Å². The number of rotatable bonds is 5. The third-order valence-corrected chi connectivity index (χ3v) is 6.50. The summed E-state index contributed by atoms with van der Waals surface area (Å²) in [5.74, 6) is -0.528. The van der Waals surface area contributed by atoms with Crippen LogP contribution in [0.4, 0.5) is 0 Å². The fourth-order valence-corrected chi connectivity index (χ4v) is 4.25. The van der Waals surface area contributed by atoms with Gasteiger partial charge in [-0.25, -0.2) is 0 Å². The van der Waals surface area contributed by atoms with E-state index in [9.17, 15) is 13.2 Å². The molecular weight excluding hydrogens is 373 g/mol. The molecule has 1 fully saturated rings. The molecule has 9 heteroatoms. The van der Waals surface area contributed by atoms with Crippen molar-refractivity contribution in [3.8, 4) is 0 Å². The lowest BCUT2D eigenvalue weighted by molar-refractivity contribution is -0.126. The highest BCUT2D eigenvalue weighted by molar-refractivity contribution is 7.86. The van der Waals surface area contributed by atoms with Crippen molar-refractivity contribution in [1.82, 2.24) is 13.9 Å². The van der Waals surface area contributed by atoms with Crippen molar-refractivity contribution >= 4 is 39.3 Å². The lowest BCUT2D eigenvalue weighted by atomic mass is 9.99. The molecule has 0 aliphatic carbocycles. The van der Waals surface area contributed by atoms with Gasteiger partial charge in [0.15, 0.2) is 0 Å². The monoisotopic (exact) mass is 393 g/mol. The van der Waals surface area contributed by atoms with Gasteiger partial charge in [-0.15, -0.1) is 0 Å². The SMILES string of the molecule is CN(C)S(=O)(=O)N1CCCC(C(=O)NCc2ccc(Cl)cc2Cl)C1. The summed E-state index contributed by atoms with van der Waals surface area (Å²) in [7, 11) is -0.519. The largest absolute Gasteiger partial charge is 0.352 e. The van der Waals surface area contributed by atoms with Crippen molar-refractivity contribution in [2.24, 2.45) is 5.92 Å². The Morgan fingerprint density at radius 3 is 2.71 bits per heavy atom. The zero-order valence-electron chi connectivity index (χ0n) is 13.6. The second-order valence-electron chi connectivity index (χ2n) is 5.94. The van der Waals surface area contributed by atoms with Crippen LogP contribution < -0.4 is 5.32 Å². The summed E-state index contributed by atoms with van der Waals surface area (Å²) in [6.45, 7) is 0.916. The lowest BCUT2D eigenvalue weighted by Crippen LogP contribution is -2.48. The van der Waals surface area contributed by atoms with E-state index >= 15 is 0 Å². The second-order valence-corrected chi connectivity index (χ2v) is 8.93. The minimum Gasteiger partial charge on any atom is -0.352 e. The zero-order valence-corrected chi connectivity index (χ0v) is 16.0. The van der Waals surface area contributed by atoms with Crippen molar-refractivity contribution in [3.63, 3.8) is 0 Å². The van der Waals surface area contributed by atoms with Gasteiger partial charge in [-0.3, -0.25) is 4.79 Å². The molecule has 1 unspecified atom stereocenters. The van der Waals surface area contributed by atoms with Gasteiger partial charge in [0.25, 0.3) is 10.2 Å². The van der Waals surface area contributed by atoms with E-state index in [1.165, 1.54) is 22.7 Å². The molecule has 0 radical (unpaired) electrons. The van der Waals surface area contributed by atoms with E-state index < -0.39 is 10.2 Å². The number of halogens is 2. The number of carbonyl (C=O) groups excluding carboxylic acids is 1. The highest BCUT2D eigenvalue weighted by atomic mass is 35.5. The lowest BCUT2D eigenvalue weighted by Gasteiger charge is -2.32. The summed E-state index contributed by atoms with van der Waals surface area (Å²) in [4.78, 5) is 12.4. The van der Waals surface area contributed by atoms with Crippen LogP contribution in [0.2, 0.25) is 10.0 Å². The van der Waals surface area contributed by atoms with Crippen molar-refractivity contribution in [3.05, 3.63) is 33.8 Å². The van der Waals surface area contributed by atoms with E-state index in [1.54, 1.807) is 18.2 Å². The van der Waals surface area contributed by atoms with Gasteiger partial charge in [0.1, 0.15) is 0 Å². The van der Waals surface area contributed by atoms with Gasteiger partial charge >= 0.3 is 0 Å². The first kappa shape index (κ1) is 19.5. The molecule has 2 rings (SSSR count). The number of piperidine rings is 1. The van der Waals surface area contributed by atoms with Crippen LogP contribution in [0.5, 0.6) is 0 Å². The van der Waals surface area contributed by atoms with E-state index in [0.717, 1.165) is 5.56 Å². The predicted molar refractivity (Wildman–Crippen MR) is 95.2 cm³/mol. The molecule has 1 aliphatic rings. The van der Waals surface area contributed by atoms with Crippen LogP contribution in [0.3, 0.4) is 0 Å². The number of amides is 1. The van der Waals surface area contributed by atoms with Crippen LogP contribution in [0.1, 0.15) is 18.4 Å². The molecule has 1 atom stereocenters. The van der Waals surface area contributed by atoms with Crippen molar-refractivity contribution in [2.45, 2.75) is 19.4 Å². The van der Waals surface area contributed by atoms with Crippen molar-refractivity contribution in [2.75, 3.05) is 27.2 Å². The van der Waals surface area contributed by atoms with Crippen LogP contribution >= 0.6 is 23.2 Å². The normalized spacial score (nSPS) is 19.5. The highest BCUT2D eigenvalue weighted by Gasteiger charge is 2.33. The minimum absolute atomic E-state index is 0.167. The first-order chi connectivity index (χ1) is 11.2. The number of benzene rings is 1. The minimum atomic E-state index is -3.49. The van der Waals surface area contributed by atoms with Crippen molar-refractivity contribution < 1.29 is 13.2 Å². The number of hydrogen-bond donors (Lipinski definition) is 1. The number of carbonyl (C=O) groups is 1. The quantitative estimate of drug-likeness (QED) is 0.832. The molecule has 0 aromatic heterocycles. The van der Waals surface area contributed by atoms with E-state index in [1.807, 2.05) is 0 Å². The molecule has 1 aromatic carbocycles. The second kappa shape index (κ2) is 8.01. The summed E-state index contributed by atoms with van der Waals surface area (Å²) in [6, 6.07) is 5.09. The molecule has 1 saturated heterocycles. The fraction of sp³-hybridized carbons (Fsp3) is 0.533. The molecule has 0 spiro atoms. The molecule has 24 heavy (non-hydrogen) atoms. The van der Waals surface area contributed by atoms with Gasteiger partial charge in [0, 0.05) is 43.8 Å². The van der Waals surface area contributed by atoms with Gasteiger partial charge in [0.2, 0.25) is 5.91 Å². The summed E-state index contributed by atoms with van der Waals surface area (Å²) >= 11 is 11.9. The maximum Gasteiger partial charge on any atom is 0.281 e. The summed E-state index contributed by atoms with van der Waals surface area (Å²) in [6.07, 6.45) is 1.33.